The van der Waals surface area contributed by atoms with Crippen LogP contribution in [0, 0.1) is 17.8 Å². The lowest BCUT2D eigenvalue weighted by Gasteiger charge is -2.47. The Kier molecular flexibility index (Phi) is 2.84. The summed E-state index contributed by atoms with van der Waals surface area (Å²) in [6.07, 6.45) is 6.39. The van der Waals surface area contributed by atoms with Crippen LogP contribution in [0.2, 0.25) is 0 Å². The summed E-state index contributed by atoms with van der Waals surface area (Å²) in [6, 6.07) is 0. The number of rotatable bonds is 3. The van der Waals surface area contributed by atoms with Gasteiger partial charge in [0.15, 0.2) is 0 Å². The van der Waals surface area contributed by atoms with Gasteiger partial charge in [0, 0.05) is 0 Å². The van der Waals surface area contributed by atoms with E-state index < -0.39 is 10.0 Å². The number of nitrogens with one attached hydrogen (secondary N) is 1. The van der Waals surface area contributed by atoms with E-state index in [0.29, 0.717) is 17.6 Å². The number of fused-ring (bicyclic) bond motifs is 1. The maximum atomic E-state index is 11.4. The van der Waals surface area contributed by atoms with Gasteiger partial charge in [0.05, 0.1) is 5.75 Å². The fourth-order valence-corrected chi connectivity index (χ4v) is 4.19. The molecule has 3 atom stereocenters. The molecule has 0 heterocycles. The van der Waals surface area contributed by atoms with Crippen LogP contribution >= 0.6 is 0 Å². The molecular weight excluding hydrogens is 198 g/mol. The smallest absolute Gasteiger partial charge is 0.211 e. The fraction of sp³-hybridized carbons (Fsp3) is 1.00. The van der Waals surface area contributed by atoms with Crippen LogP contribution in [0.5, 0.6) is 0 Å². The maximum absolute atomic E-state index is 11.4. The molecule has 0 aliphatic heterocycles. The average Bonchev–Trinajstić information content (AvgIpc) is 2.15. The van der Waals surface area contributed by atoms with E-state index in [4.69, 9.17) is 0 Å². The molecule has 2 aliphatic rings. The lowest BCUT2D eigenvalue weighted by atomic mass is 9.59. The van der Waals surface area contributed by atoms with Gasteiger partial charge < -0.3 is 0 Å². The molecule has 0 radical (unpaired) electrons. The van der Waals surface area contributed by atoms with Gasteiger partial charge in [-0.2, -0.15) is 0 Å². The van der Waals surface area contributed by atoms with Crippen LogP contribution in [-0.2, 0) is 10.0 Å². The second kappa shape index (κ2) is 3.81. The van der Waals surface area contributed by atoms with Crippen LogP contribution in [0.25, 0.3) is 0 Å². The molecule has 4 heteroatoms. The van der Waals surface area contributed by atoms with Crippen molar-refractivity contribution in [3.8, 4) is 0 Å². The van der Waals surface area contributed by atoms with Gasteiger partial charge in [-0.05, 0) is 37.6 Å². The molecule has 0 amide bonds. The molecule has 0 aromatic heterocycles. The highest BCUT2D eigenvalue weighted by Crippen LogP contribution is 2.49. The van der Waals surface area contributed by atoms with E-state index in [1.165, 1.54) is 32.7 Å². The van der Waals surface area contributed by atoms with Crippen molar-refractivity contribution in [3.63, 3.8) is 0 Å². The average molecular weight is 217 g/mol. The first-order chi connectivity index (χ1) is 6.62. The summed E-state index contributed by atoms with van der Waals surface area (Å²) in [7, 11) is -1.47. The monoisotopic (exact) mass is 217 g/mol. The summed E-state index contributed by atoms with van der Waals surface area (Å²) >= 11 is 0. The van der Waals surface area contributed by atoms with Crippen LogP contribution in [0.4, 0.5) is 0 Å². The van der Waals surface area contributed by atoms with Crippen LogP contribution in [0.15, 0.2) is 0 Å². The molecule has 1 N–H and O–H groups in total. The van der Waals surface area contributed by atoms with Gasteiger partial charge in [-0.3, -0.25) is 0 Å². The van der Waals surface area contributed by atoms with Crippen molar-refractivity contribution in [3.05, 3.63) is 0 Å². The minimum Gasteiger partial charge on any atom is -0.218 e. The highest BCUT2D eigenvalue weighted by Gasteiger charge is 2.43. The molecule has 0 bridgehead atoms. The largest absolute Gasteiger partial charge is 0.218 e. The first kappa shape index (κ1) is 10.4. The first-order valence-electron chi connectivity index (χ1n) is 5.53. The highest BCUT2D eigenvalue weighted by atomic mass is 32.2. The number of hydrogen-bond acceptors (Lipinski definition) is 2. The summed E-state index contributed by atoms with van der Waals surface area (Å²) < 4.78 is 25.1. The fourth-order valence-electron chi connectivity index (χ4n) is 3.07. The van der Waals surface area contributed by atoms with Gasteiger partial charge in [0.25, 0.3) is 0 Å². The third-order valence-corrected chi connectivity index (χ3v) is 5.41. The zero-order valence-electron chi connectivity index (χ0n) is 8.70. The van der Waals surface area contributed by atoms with Gasteiger partial charge in [-0.25, -0.2) is 13.1 Å². The Morgan fingerprint density at radius 3 is 2.64 bits per heavy atom. The van der Waals surface area contributed by atoms with Crippen LogP contribution < -0.4 is 4.72 Å². The third kappa shape index (κ3) is 1.96. The topological polar surface area (TPSA) is 46.2 Å². The van der Waals surface area contributed by atoms with Crippen molar-refractivity contribution in [1.29, 1.82) is 0 Å². The van der Waals surface area contributed by atoms with Gasteiger partial charge in [-0.1, -0.05) is 19.3 Å². The molecule has 14 heavy (non-hydrogen) atoms. The summed E-state index contributed by atoms with van der Waals surface area (Å²) in [5.74, 6) is 2.36. The molecular formula is C10H19NO2S. The summed E-state index contributed by atoms with van der Waals surface area (Å²) in [6.45, 7) is 0. The molecule has 3 nitrogen and oxygen atoms in total. The Bertz CT molecular complexity index is 299. The molecule has 82 valence electrons. The summed E-state index contributed by atoms with van der Waals surface area (Å²) in [5.41, 5.74) is 0. The second-order valence-electron chi connectivity index (χ2n) is 4.69. The van der Waals surface area contributed by atoms with Crippen molar-refractivity contribution in [1.82, 2.24) is 4.72 Å². The first-order valence-corrected chi connectivity index (χ1v) is 7.19. The van der Waals surface area contributed by atoms with E-state index in [-0.39, 0.29) is 0 Å². The quantitative estimate of drug-likeness (QED) is 0.776. The predicted octanol–water partition coefficient (Wildman–Crippen LogP) is 1.36. The number of sulfonamides is 1. The Hall–Kier alpha value is -0.0900. The molecule has 0 aromatic rings. The molecule has 2 rings (SSSR count). The minimum atomic E-state index is -2.98. The van der Waals surface area contributed by atoms with E-state index >= 15 is 0 Å². The van der Waals surface area contributed by atoms with Crippen molar-refractivity contribution in [2.45, 2.75) is 32.1 Å². The molecule has 0 saturated heterocycles. The lowest BCUT2D eigenvalue weighted by molar-refractivity contribution is 0.0440. The summed E-state index contributed by atoms with van der Waals surface area (Å²) in [4.78, 5) is 0. The second-order valence-corrected chi connectivity index (χ2v) is 6.66. The molecule has 3 unspecified atom stereocenters. The maximum Gasteiger partial charge on any atom is 0.211 e. The third-order valence-electron chi connectivity index (χ3n) is 3.92. The van der Waals surface area contributed by atoms with Crippen molar-refractivity contribution in [2.75, 3.05) is 12.8 Å². The van der Waals surface area contributed by atoms with E-state index in [2.05, 4.69) is 4.72 Å². The van der Waals surface area contributed by atoms with Gasteiger partial charge >= 0.3 is 0 Å². The Morgan fingerprint density at radius 1 is 1.29 bits per heavy atom. The predicted molar refractivity (Wildman–Crippen MR) is 56.4 cm³/mol. The Labute approximate surface area is 86.3 Å². The van der Waals surface area contributed by atoms with E-state index in [9.17, 15) is 8.42 Å². The Morgan fingerprint density at radius 2 is 2.00 bits per heavy atom. The molecule has 0 spiro atoms. The summed E-state index contributed by atoms with van der Waals surface area (Å²) in [5, 5.41) is 0. The van der Waals surface area contributed by atoms with Gasteiger partial charge in [0.1, 0.15) is 0 Å². The Balaban J connectivity index is 1.90. The van der Waals surface area contributed by atoms with Crippen LogP contribution in [-0.4, -0.2) is 21.2 Å². The minimum absolute atomic E-state index is 0.352. The van der Waals surface area contributed by atoms with Crippen molar-refractivity contribution in [2.24, 2.45) is 17.8 Å². The van der Waals surface area contributed by atoms with E-state index in [0.717, 1.165) is 12.3 Å². The zero-order valence-corrected chi connectivity index (χ0v) is 9.52. The van der Waals surface area contributed by atoms with Gasteiger partial charge in [0.2, 0.25) is 10.0 Å². The molecule has 2 aliphatic carbocycles. The lowest BCUT2D eigenvalue weighted by Crippen LogP contribution is -2.44. The SMILES string of the molecule is CNS(=O)(=O)CC1CC2CCCCC21. The van der Waals surface area contributed by atoms with Crippen molar-refractivity contribution < 1.29 is 8.42 Å². The van der Waals surface area contributed by atoms with Crippen molar-refractivity contribution >= 4 is 10.0 Å². The molecule has 2 fully saturated rings. The number of hydrogen-bond donors (Lipinski definition) is 1. The van der Waals surface area contributed by atoms with Gasteiger partial charge in [-0.15, -0.1) is 0 Å². The zero-order chi connectivity index (χ0) is 10.2. The van der Waals surface area contributed by atoms with Crippen LogP contribution in [0.1, 0.15) is 32.1 Å². The standard InChI is InChI=1S/C10H19NO2S/c1-11-14(12,13)7-9-6-8-4-2-3-5-10(8)9/h8-11H,2-7H2,1H3. The highest BCUT2D eigenvalue weighted by molar-refractivity contribution is 7.89. The van der Waals surface area contributed by atoms with E-state index in [1.54, 1.807) is 0 Å². The van der Waals surface area contributed by atoms with Crippen LogP contribution in [0.3, 0.4) is 0 Å². The van der Waals surface area contributed by atoms with E-state index in [1.807, 2.05) is 0 Å². The normalized spacial score (nSPS) is 37.4. The molecule has 0 aromatic carbocycles. The molecule has 2 saturated carbocycles.